The first-order chi connectivity index (χ1) is 17.2. The highest BCUT2D eigenvalue weighted by molar-refractivity contribution is 14.1. The lowest BCUT2D eigenvalue weighted by molar-refractivity contribution is -0.120. The van der Waals surface area contributed by atoms with E-state index in [4.69, 9.17) is 21.7 Å². The first-order valence-corrected chi connectivity index (χ1v) is 12.8. The number of hydrogen-bond donors (Lipinski definition) is 0. The van der Waals surface area contributed by atoms with Crippen LogP contribution < -0.4 is 19.3 Å². The Hall–Kier alpha value is -3.24. The van der Waals surface area contributed by atoms with Crippen molar-refractivity contribution in [1.29, 1.82) is 0 Å². The summed E-state index contributed by atoms with van der Waals surface area (Å²) in [5.74, 6) is 0.169. The fraction of sp³-hybridized carbons (Fsp3) is 0.179. The summed E-state index contributed by atoms with van der Waals surface area (Å²) >= 11 is 7.85. The third-order valence-corrected chi connectivity index (χ3v) is 6.85. The molecule has 0 radical (unpaired) electrons. The van der Waals surface area contributed by atoms with E-state index in [9.17, 15) is 9.59 Å². The number of aryl methyl sites for hydroxylation is 2. The molecule has 1 heterocycles. The van der Waals surface area contributed by atoms with Crippen LogP contribution in [-0.4, -0.2) is 30.6 Å². The molecule has 8 heteroatoms. The largest absolute Gasteiger partial charge is 0.492 e. The number of amides is 2. The van der Waals surface area contributed by atoms with Crippen molar-refractivity contribution in [3.63, 3.8) is 0 Å². The van der Waals surface area contributed by atoms with E-state index in [0.29, 0.717) is 35.0 Å². The van der Waals surface area contributed by atoms with E-state index in [1.807, 2.05) is 75.4 Å². The van der Waals surface area contributed by atoms with Crippen LogP contribution in [0.1, 0.15) is 23.6 Å². The molecule has 6 nitrogen and oxygen atoms in total. The summed E-state index contributed by atoms with van der Waals surface area (Å²) < 4.78 is 12.0. The van der Waals surface area contributed by atoms with Crippen molar-refractivity contribution in [2.45, 2.75) is 20.8 Å². The summed E-state index contributed by atoms with van der Waals surface area (Å²) in [5, 5.41) is 0.106. The molecule has 1 fully saturated rings. The second kappa shape index (κ2) is 10.8. The van der Waals surface area contributed by atoms with Gasteiger partial charge in [-0.15, -0.1) is 0 Å². The van der Waals surface area contributed by atoms with Gasteiger partial charge in [0.05, 0.1) is 28.7 Å². The molecule has 1 aliphatic rings. The third kappa shape index (κ3) is 5.01. The van der Waals surface area contributed by atoms with Crippen molar-refractivity contribution in [3.8, 4) is 11.5 Å². The first-order valence-electron chi connectivity index (χ1n) is 11.3. The first kappa shape index (κ1) is 25.8. The minimum atomic E-state index is -0.485. The van der Waals surface area contributed by atoms with Gasteiger partial charge in [-0.1, -0.05) is 35.4 Å². The molecule has 4 rings (SSSR count). The Balaban J connectivity index is 1.88. The maximum atomic E-state index is 13.8. The maximum Gasteiger partial charge on any atom is 0.270 e. The minimum Gasteiger partial charge on any atom is -0.492 e. The molecule has 36 heavy (non-hydrogen) atoms. The maximum absolute atomic E-state index is 13.8. The molecule has 184 valence electrons. The Morgan fingerprint density at radius 1 is 0.889 bits per heavy atom. The Morgan fingerprint density at radius 2 is 1.39 bits per heavy atom. The molecule has 0 aliphatic carbocycles. The van der Waals surface area contributed by atoms with Gasteiger partial charge >= 0.3 is 0 Å². The van der Waals surface area contributed by atoms with Gasteiger partial charge in [0.1, 0.15) is 5.57 Å². The summed E-state index contributed by atoms with van der Waals surface area (Å²) in [4.78, 5) is 30.3. The molecule has 0 atom stereocenters. The van der Waals surface area contributed by atoms with E-state index in [0.717, 1.165) is 14.7 Å². The van der Waals surface area contributed by atoms with Crippen molar-refractivity contribution >= 4 is 69.2 Å². The van der Waals surface area contributed by atoms with Gasteiger partial charge in [-0.3, -0.25) is 19.4 Å². The number of rotatable bonds is 6. The molecule has 3 aromatic rings. The van der Waals surface area contributed by atoms with Crippen LogP contribution >= 0.6 is 34.8 Å². The van der Waals surface area contributed by atoms with Crippen LogP contribution in [0.3, 0.4) is 0 Å². The van der Waals surface area contributed by atoms with Gasteiger partial charge in [-0.05, 0) is 104 Å². The predicted octanol–water partition coefficient (Wildman–Crippen LogP) is 6.06. The van der Waals surface area contributed by atoms with Crippen molar-refractivity contribution in [1.82, 2.24) is 0 Å². The lowest BCUT2D eigenvalue weighted by Gasteiger charge is -2.36. The number of nitrogens with zero attached hydrogens (tertiary/aromatic N) is 2. The summed E-state index contributed by atoms with van der Waals surface area (Å²) in [5.41, 5.74) is 3.91. The van der Waals surface area contributed by atoms with Crippen molar-refractivity contribution in [3.05, 3.63) is 86.5 Å². The second-order valence-electron chi connectivity index (χ2n) is 8.26. The topological polar surface area (TPSA) is 59.1 Å². The van der Waals surface area contributed by atoms with Gasteiger partial charge in [0.15, 0.2) is 16.6 Å². The minimum absolute atomic E-state index is 0.00633. The zero-order chi connectivity index (χ0) is 26.0. The van der Waals surface area contributed by atoms with E-state index in [1.54, 1.807) is 19.3 Å². The number of ether oxygens (including phenoxy) is 2. The second-order valence-corrected chi connectivity index (χ2v) is 9.79. The number of carbonyl (C=O) groups is 2. The Morgan fingerprint density at radius 3 is 1.83 bits per heavy atom. The summed E-state index contributed by atoms with van der Waals surface area (Å²) in [7, 11) is 1.58. The molecule has 0 unspecified atom stereocenters. The Bertz CT molecular complexity index is 1300. The molecule has 0 aromatic heterocycles. The number of thiocarbonyl (C=S) groups is 1. The van der Waals surface area contributed by atoms with E-state index < -0.39 is 11.8 Å². The van der Waals surface area contributed by atoms with Crippen LogP contribution in [0.15, 0.2) is 66.2 Å². The number of halogens is 1. The van der Waals surface area contributed by atoms with Gasteiger partial charge < -0.3 is 9.47 Å². The van der Waals surface area contributed by atoms with Crippen molar-refractivity contribution in [2.24, 2.45) is 0 Å². The highest BCUT2D eigenvalue weighted by Gasteiger charge is 2.41. The van der Waals surface area contributed by atoms with E-state index in [-0.39, 0.29) is 10.7 Å². The van der Waals surface area contributed by atoms with Crippen molar-refractivity contribution < 1.29 is 19.1 Å². The van der Waals surface area contributed by atoms with E-state index >= 15 is 0 Å². The molecule has 0 saturated carbocycles. The third-order valence-electron chi connectivity index (χ3n) is 5.68. The van der Waals surface area contributed by atoms with Crippen LogP contribution in [-0.2, 0) is 9.59 Å². The Labute approximate surface area is 229 Å². The van der Waals surface area contributed by atoms with E-state index in [1.165, 1.54) is 9.80 Å². The number of anilines is 2. The highest BCUT2D eigenvalue weighted by atomic mass is 127. The monoisotopic (exact) mass is 612 g/mol. The summed E-state index contributed by atoms with van der Waals surface area (Å²) in [6, 6.07) is 18.5. The van der Waals surface area contributed by atoms with Gasteiger partial charge in [-0.2, -0.15) is 0 Å². The van der Waals surface area contributed by atoms with Crippen LogP contribution in [0, 0.1) is 17.4 Å². The molecular formula is C28H25IN2O4S. The standard InChI is InChI=1S/C28H25IN2O4S/c1-5-35-24-16-19(15-23(29)25(24)34-4)14-22-26(32)30(20-10-6-17(2)7-11-20)28(36)31(27(22)33)21-12-8-18(3)9-13-21/h6-16H,5H2,1-4H3. The molecule has 0 N–H and O–H groups in total. The average molecular weight is 612 g/mol. The molecule has 0 bridgehead atoms. The number of hydrogen-bond acceptors (Lipinski definition) is 5. The van der Waals surface area contributed by atoms with Crippen molar-refractivity contribution in [2.75, 3.05) is 23.5 Å². The fourth-order valence-corrected chi connectivity index (χ4v) is 5.09. The lowest BCUT2D eigenvalue weighted by Crippen LogP contribution is -2.56. The van der Waals surface area contributed by atoms with Gasteiger partial charge in [0, 0.05) is 0 Å². The SMILES string of the molecule is CCOc1cc(C=C2C(=O)N(c3ccc(C)cc3)C(=S)N(c3ccc(C)cc3)C2=O)cc(I)c1OC. The zero-order valence-corrected chi connectivity index (χ0v) is 23.3. The summed E-state index contributed by atoms with van der Waals surface area (Å²) in [6.45, 7) is 6.26. The molecular weight excluding hydrogens is 587 g/mol. The smallest absolute Gasteiger partial charge is 0.270 e. The van der Waals surface area contributed by atoms with Crippen LogP contribution in [0.4, 0.5) is 11.4 Å². The fourth-order valence-electron chi connectivity index (χ4n) is 3.87. The lowest BCUT2D eigenvalue weighted by atomic mass is 10.0. The van der Waals surface area contributed by atoms with Crippen LogP contribution in [0.5, 0.6) is 11.5 Å². The predicted molar refractivity (Wildman–Crippen MR) is 155 cm³/mol. The average Bonchev–Trinajstić information content (AvgIpc) is 2.84. The molecule has 1 aliphatic heterocycles. The van der Waals surface area contributed by atoms with Gasteiger partial charge in [0.2, 0.25) is 0 Å². The number of benzene rings is 3. The summed E-state index contributed by atoms with van der Waals surface area (Å²) in [6.07, 6.45) is 1.58. The highest BCUT2D eigenvalue weighted by Crippen LogP contribution is 2.36. The molecule has 0 spiro atoms. The number of methoxy groups -OCH3 is 1. The normalized spacial score (nSPS) is 13.8. The number of carbonyl (C=O) groups excluding carboxylic acids is 2. The van der Waals surface area contributed by atoms with Gasteiger partial charge in [-0.25, -0.2) is 0 Å². The quantitative estimate of drug-likeness (QED) is 0.147. The van der Waals surface area contributed by atoms with Crippen LogP contribution in [0.2, 0.25) is 0 Å². The van der Waals surface area contributed by atoms with E-state index in [2.05, 4.69) is 22.6 Å². The van der Waals surface area contributed by atoms with Crippen LogP contribution in [0.25, 0.3) is 6.08 Å². The van der Waals surface area contributed by atoms with Gasteiger partial charge in [0.25, 0.3) is 11.8 Å². The zero-order valence-electron chi connectivity index (χ0n) is 20.4. The molecule has 3 aromatic carbocycles. The molecule has 2 amide bonds. The molecule has 1 saturated heterocycles. The Kier molecular flexibility index (Phi) is 7.75.